The van der Waals surface area contributed by atoms with Crippen LogP contribution in [0, 0.1) is 26.7 Å². The highest BCUT2D eigenvalue weighted by molar-refractivity contribution is 7.99. The zero-order valence-corrected chi connectivity index (χ0v) is 12.7. The second-order valence-electron chi connectivity index (χ2n) is 5.46. The number of rotatable bonds is 3. The van der Waals surface area contributed by atoms with Crippen LogP contribution in [0.5, 0.6) is 0 Å². The third-order valence-electron chi connectivity index (χ3n) is 3.00. The minimum atomic E-state index is 0.701. The molecule has 96 valence electrons. The van der Waals surface area contributed by atoms with Crippen molar-refractivity contribution in [2.45, 2.75) is 39.6 Å². The van der Waals surface area contributed by atoms with Gasteiger partial charge in [-0.05, 0) is 49.9 Å². The van der Waals surface area contributed by atoms with E-state index < -0.39 is 0 Å². The summed E-state index contributed by atoms with van der Waals surface area (Å²) in [4.78, 5) is 4.81. The average Bonchev–Trinajstić information content (AvgIpc) is 2.28. The predicted octanol–water partition coefficient (Wildman–Crippen LogP) is 4.91. The van der Waals surface area contributed by atoms with Crippen LogP contribution in [0.2, 0.25) is 0 Å². The van der Waals surface area contributed by atoms with Crippen molar-refractivity contribution in [2.75, 3.05) is 5.75 Å². The summed E-state index contributed by atoms with van der Waals surface area (Å²) in [5.41, 5.74) is 5.08. The molecule has 0 unspecified atom stereocenters. The molecule has 1 nitrogen and oxygen atoms in total. The van der Waals surface area contributed by atoms with E-state index in [1.165, 1.54) is 22.1 Å². The van der Waals surface area contributed by atoms with Crippen molar-refractivity contribution in [1.82, 2.24) is 4.98 Å². The number of nitrogens with zero attached hydrogens (tertiary/aromatic N) is 1. The van der Waals surface area contributed by atoms with Crippen LogP contribution in [-0.4, -0.2) is 10.7 Å². The third-order valence-corrected chi connectivity index (χ3v) is 4.33. The lowest BCUT2D eigenvalue weighted by atomic mass is 10.0. The fraction of sp³-hybridized carbons (Fsp3) is 0.438. The highest BCUT2D eigenvalue weighted by atomic mass is 32.2. The molecule has 0 N–H and O–H groups in total. The summed E-state index contributed by atoms with van der Waals surface area (Å²) in [6.07, 6.45) is 0. The van der Waals surface area contributed by atoms with Crippen LogP contribution in [0.1, 0.15) is 30.5 Å². The van der Waals surface area contributed by atoms with E-state index in [-0.39, 0.29) is 0 Å². The van der Waals surface area contributed by atoms with Gasteiger partial charge in [0.1, 0.15) is 0 Å². The molecular weight excluding hydrogens is 238 g/mol. The molecule has 0 aliphatic rings. The molecule has 18 heavy (non-hydrogen) atoms. The number of hydrogen-bond acceptors (Lipinski definition) is 2. The van der Waals surface area contributed by atoms with Gasteiger partial charge in [0.05, 0.1) is 10.5 Å². The molecule has 0 aliphatic heterocycles. The van der Waals surface area contributed by atoms with Gasteiger partial charge in [0.25, 0.3) is 0 Å². The van der Waals surface area contributed by atoms with E-state index in [1.807, 2.05) is 11.8 Å². The minimum absolute atomic E-state index is 0.701. The van der Waals surface area contributed by atoms with Crippen LogP contribution in [-0.2, 0) is 0 Å². The summed E-state index contributed by atoms with van der Waals surface area (Å²) < 4.78 is 0. The molecule has 0 aliphatic carbocycles. The van der Waals surface area contributed by atoms with Crippen molar-refractivity contribution in [3.8, 4) is 0 Å². The summed E-state index contributed by atoms with van der Waals surface area (Å²) in [5, 5.41) is 2.45. The Kier molecular flexibility index (Phi) is 3.96. The van der Waals surface area contributed by atoms with E-state index in [0.29, 0.717) is 5.92 Å². The maximum absolute atomic E-state index is 4.81. The Morgan fingerprint density at radius 3 is 2.44 bits per heavy atom. The van der Waals surface area contributed by atoms with Crippen LogP contribution in [0.4, 0.5) is 0 Å². The molecule has 0 saturated heterocycles. The van der Waals surface area contributed by atoms with Crippen LogP contribution in [0.15, 0.2) is 23.2 Å². The number of benzene rings is 1. The Hall–Kier alpha value is -1.02. The Labute approximate surface area is 114 Å². The minimum Gasteiger partial charge on any atom is -0.241 e. The highest BCUT2D eigenvalue weighted by Gasteiger charge is 2.07. The van der Waals surface area contributed by atoms with Crippen LogP contribution in [0.3, 0.4) is 0 Å². The maximum atomic E-state index is 4.81. The summed E-state index contributed by atoms with van der Waals surface area (Å²) in [6, 6.07) is 6.67. The van der Waals surface area contributed by atoms with Gasteiger partial charge in [0, 0.05) is 11.1 Å². The molecule has 0 spiro atoms. The van der Waals surface area contributed by atoms with Crippen molar-refractivity contribution in [2.24, 2.45) is 5.92 Å². The van der Waals surface area contributed by atoms with Gasteiger partial charge >= 0.3 is 0 Å². The van der Waals surface area contributed by atoms with Crippen molar-refractivity contribution < 1.29 is 0 Å². The molecule has 1 heterocycles. The van der Waals surface area contributed by atoms with E-state index in [2.05, 4.69) is 52.8 Å². The zero-order chi connectivity index (χ0) is 13.3. The first-order chi connectivity index (χ1) is 8.47. The number of aromatic nitrogens is 1. The van der Waals surface area contributed by atoms with E-state index >= 15 is 0 Å². The summed E-state index contributed by atoms with van der Waals surface area (Å²) in [6.45, 7) is 11.0. The molecule has 0 bridgehead atoms. The second kappa shape index (κ2) is 5.31. The largest absolute Gasteiger partial charge is 0.241 e. The summed E-state index contributed by atoms with van der Waals surface area (Å²) >= 11 is 1.86. The summed E-state index contributed by atoms with van der Waals surface area (Å²) in [5.74, 6) is 1.83. The summed E-state index contributed by atoms with van der Waals surface area (Å²) in [7, 11) is 0. The van der Waals surface area contributed by atoms with E-state index in [4.69, 9.17) is 4.98 Å². The van der Waals surface area contributed by atoms with Gasteiger partial charge in [-0.25, -0.2) is 4.98 Å². The van der Waals surface area contributed by atoms with Crippen molar-refractivity contribution in [3.05, 3.63) is 34.9 Å². The molecule has 2 aromatic rings. The Morgan fingerprint density at radius 2 is 1.78 bits per heavy atom. The number of pyridine rings is 1. The van der Waals surface area contributed by atoms with Gasteiger partial charge in [-0.1, -0.05) is 25.5 Å². The lowest BCUT2D eigenvalue weighted by Gasteiger charge is -2.10. The first kappa shape index (κ1) is 13.4. The van der Waals surface area contributed by atoms with Crippen LogP contribution < -0.4 is 0 Å². The molecule has 0 saturated carbocycles. The van der Waals surface area contributed by atoms with Crippen LogP contribution in [0.25, 0.3) is 10.9 Å². The van der Waals surface area contributed by atoms with Crippen molar-refractivity contribution >= 4 is 22.7 Å². The lowest BCUT2D eigenvalue weighted by molar-refractivity contribution is 0.749. The highest BCUT2D eigenvalue weighted by Crippen LogP contribution is 2.27. The lowest BCUT2D eigenvalue weighted by Crippen LogP contribution is -1.94. The first-order valence-electron chi connectivity index (χ1n) is 6.49. The quantitative estimate of drug-likeness (QED) is 0.726. The smallest absolute Gasteiger partial charge is 0.0970 e. The molecule has 0 radical (unpaired) electrons. The Bertz CT molecular complexity index is 573. The van der Waals surface area contributed by atoms with Gasteiger partial charge in [-0.2, -0.15) is 0 Å². The number of hydrogen-bond donors (Lipinski definition) is 0. The fourth-order valence-corrected chi connectivity index (χ4v) is 3.06. The van der Waals surface area contributed by atoms with Crippen LogP contribution >= 0.6 is 11.8 Å². The number of aryl methyl sites for hydroxylation is 3. The van der Waals surface area contributed by atoms with Gasteiger partial charge in [-0.3, -0.25) is 0 Å². The molecule has 2 rings (SSSR count). The van der Waals surface area contributed by atoms with E-state index in [9.17, 15) is 0 Å². The van der Waals surface area contributed by atoms with Gasteiger partial charge < -0.3 is 0 Å². The Morgan fingerprint density at radius 1 is 1.06 bits per heavy atom. The second-order valence-corrected chi connectivity index (χ2v) is 6.50. The molecule has 0 atom stereocenters. The van der Waals surface area contributed by atoms with Crippen molar-refractivity contribution in [1.29, 1.82) is 0 Å². The molecule has 1 aromatic carbocycles. The molecule has 2 heteroatoms. The molecule has 0 amide bonds. The number of thioether (sulfide) groups is 1. The van der Waals surface area contributed by atoms with E-state index in [1.54, 1.807) is 0 Å². The maximum Gasteiger partial charge on any atom is 0.0970 e. The zero-order valence-electron chi connectivity index (χ0n) is 11.9. The Balaban J connectivity index is 2.48. The van der Waals surface area contributed by atoms with Gasteiger partial charge in [0.2, 0.25) is 0 Å². The third kappa shape index (κ3) is 2.86. The van der Waals surface area contributed by atoms with Crippen molar-refractivity contribution in [3.63, 3.8) is 0 Å². The molecule has 1 aromatic heterocycles. The standard InChI is InChI=1S/C16H21NS/c1-10(2)9-18-15-8-12(4)14-7-11(3)6-13(5)16(14)17-15/h6-8,10H,9H2,1-5H3. The topological polar surface area (TPSA) is 12.9 Å². The van der Waals surface area contributed by atoms with Gasteiger partial charge in [0.15, 0.2) is 0 Å². The monoisotopic (exact) mass is 259 g/mol. The fourth-order valence-electron chi connectivity index (χ4n) is 2.14. The number of fused-ring (bicyclic) bond motifs is 1. The SMILES string of the molecule is Cc1cc(C)c2nc(SCC(C)C)cc(C)c2c1. The first-order valence-corrected chi connectivity index (χ1v) is 7.47. The predicted molar refractivity (Wildman–Crippen MR) is 81.5 cm³/mol. The normalized spacial score (nSPS) is 11.4. The van der Waals surface area contributed by atoms with E-state index in [0.717, 1.165) is 16.3 Å². The van der Waals surface area contributed by atoms with Gasteiger partial charge in [-0.15, -0.1) is 11.8 Å². The average molecular weight is 259 g/mol. The molecular formula is C16H21NS. The molecule has 0 fully saturated rings.